The first-order valence-corrected chi connectivity index (χ1v) is 13.3. The zero-order chi connectivity index (χ0) is 25.5. The minimum Gasteiger partial charge on any atom is -0.435 e. The molecule has 194 valence electrons. The predicted molar refractivity (Wildman–Crippen MR) is 146 cm³/mol. The number of carbonyl (C=O) groups excluding carboxylic acids is 1. The molecular weight excluding hydrogens is 485 g/mol. The average molecular weight is 525 g/mol. The van der Waals surface area contributed by atoms with Crippen molar-refractivity contribution in [3.63, 3.8) is 0 Å². The second kappa shape index (κ2) is 16.8. The molecule has 0 aromatic heterocycles. The van der Waals surface area contributed by atoms with E-state index in [1.807, 2.05) is 19.9 Å². The summed E-state index contributed by atoms with van der Waals surface area (Å²) in [4.78, 5) is 12.2. The molecule has 0 amide bonds. The fourth-order valence-electron chi connectivity index (χ4n) is 3.60. The molecule has 6 nitrogen and oxygen atoms in total. The zero-order valence-electron chi connectivity index (χ0n) is 21.2. The van der Waals surface area contributed by atoms with Gasteiger partial charge in [0.25, 0.3) is 0 Å². The molecule has 0 aliphatic carbocycles. The second-order valence-electron chi connectivity index (χ2n) is 8.43. The summed E-state index contributed by atoms with van der Waals surface area (Å²) in [7, 11) is 0. The highest BCUT2D eigenvalue weighted by molar-refractivity contribution is 6.39. The fraction of sp³-hybridized carbons (Fsp3) is 0.519. The minimum atomic E-state index is -0.485. The number of para-hydroxylation sites is 1. The number of esters is 1. The first-order valence-electron chi connectivity index (χ1n) is 12.5. The molecule has 35 heavy (non-hydrogen) atoms. The lowest BCUT2D eigenvalue weighted by atomic mass is 10.1. The molecule has 3 rings (SSSR count). The van der Waals surface area contributed by atoms with Gasteiger partial charge in [-0.15, -0.1) is 0 Å². The maximum atomic E-state index is 12.2. The van der Waals surface area contributed by atoms with Crippen LogP contribution < -0.4 is 10.7 Å². The third-order valence-electron chi connectivity index (χ3n) is 5.64. The van der Waals surface area contributed by atoms with Crippen LogP contribution in [0.5, 0.6) is 0 Å². The van der Waals surface area contributed by atoms with E-state index in [9.17, 15) is 4.79 Å². The van der Waals surface area contributed by atoms with Gasteiger partial charge in [0, 0.05) is 26.2 Å². The van der Waals surface area contributed by atoms with Gasteiger partial charge in [-0.05, 0) is 56.9 Å². The van der Waals surface area contributed by atoms with Crippen LogP contribution in [0.25, 0.3) is 0 Å². The highest BCUT2D eigenvalue weighted by Gasteiger charge is 2.15. The van der Waals surface area contributed by atoms with Crippen molar-refractivity contribution in [2.24, 2.45) is 0 Å². The number of carbonyl (C=O) groups is 1. The van der Waals surface area contributed by atoms with Gasteiger partial charge in [0.15, 0.2) is 6.79 Å². The summed E-state index contributed by atoms with van der Waals surface area (Å²) in [5.41, 5.74) is 5.86. The third-order valence-corrected chi connectivity index (χ3v) is 6.44. The number of aryl methyl sites for hydroxylation is 1. The highest BCUT2D eigenvalue weighted by Crippen LogP contribution is 2.36. The Morgan fingerprint density at radius 3 is 2.49 bits per heavy atom. The van der Waals surface area contributed by atoms with Crippen LogP contribution in [0.3, 0.4) is 0 Å². The molecule has 1 fully saturated rings. The third kappa shape index (κ3) is 10.4. The van der Waals surface area contributed by atoms with E-state index in [1.165, 1.54) is 58.2 Å². The number of rotatable bonds is 11. The van der Waals surface area contributed by atoms with Crippen LogP contribution in [-0.2, 0) is 9.47 Å². The predicted octanol–water partition coefficient (Wildman–Crippen LogP) is 7.36. The van der Waals surface area contributed by atoms with Gasteiger partial charge in [0.1, 0.15) is 0 Å². The second-order valence-corrected chi connectivity index (χ2v) is 9.21. The number of nitrogens with zero attached hydrogens (tertiary/aromatic N) is 1. The Balaban J connectivity index is 0.000000303. The number of nitrogens with one attached hydrogen (secondary N) is 2. The summed E-state index contributed by atoms with van der Waals surface area (Å²) < 4.78 is 10.1. The van der Waals surface area contributed by atoms with Crippen molar-refractivity contribution in [3.05, 3.63) is 57.6 Å². The Kier molecular flexibility index (Phi) is 14.1. The Labute approximate surface area is 220 Å². The lowest BCUT2D eigenvalue weighted by Crippen LogP contribution is -2.41. The Morgan fingerprint density at radius 1 is 1.03 bits per heavy atom. The zero-order valence-corrected chi connectivity index (χ0v) is 22.7. The summed E-state index contributed by atoms with van der Waals surface area (Å²) >= 11 is 12.5. The van der Waals surface area contributed by atoms with Gasteiger partial charge >= 0.3 is 5.97 Å². The van der Waals surface area contributed by atoms with E-state index in [0.717, 1.165) is 5.56 Å². The van der Waals surface area contributed by atoms with Gasteiger partial charge < -0.3 is 14.8 Å². The normalized spacial score (nSPS) is 13.6. The number of hydrogen-bond acceptors (Lipinski definition) is 6. The molecule has 1 saturated heterocycles. The maximum Gasteiger partial charge on any atom is 0.342 e. The standard InChI is InChI=1S/C17H17Cl2NO3.C10H22N2/c1-3-22-10-23-17(21)12-6-4-5-7-14(12)20-16-13(18)9-8-11(2)15(16)19;1-2-3-5-8-11-12-9-6-4-7-10-12/h4-9,20H,3,10H2,1-2H3;11H,2-10H2,1H3. The Bertz CT molecular complexity index is 905. The minimum absolute atomic E-state index is 0.0877. The Morgan fingerprint density at radius 2 is 1.77 bits per heavy atom. The van der Waals surface area contributed by atoms with Gasteiger partial charge in [0.2, 0.25) is 0 Å². The average Bonchev–Trinajstić information content (AvgIpc) is 2.88. The van der Waals surface area contributed by atoms with E-state index in [1.54, 1.807) is 30.3 Å². The molecule has 2 aromatic rings. The molecule has 0 radical (unpaired) electrons. The molecule has 0 saturated carbocycles. The summed E-state index contributed by atoms with van der Waals surface area (Å²) in [5.74, 6) is -0.485. The summed E-state index contributed by atoms with van der Waals surface area (Å²) in [5, 5.41) is 6.48. The van der Waals surface area contributed by atoms with Gasteiger partial charge in [-0.25, -0.2) is 9.80 Å². The molecule has 0 spiro atoms. The van der Waals surface area contributed by atoms with Crippen molar-refractivity contribution >= 4 is 40.5 Å². The SMILES string of the molecule is CCCCCNN1CCCCC1.CCOCOC(=O)c1ccccc1Nc1c(Cl)ccc(C)c1Cl. The molecule has 0 unspecified atom stereocenters. The number of piperidine rings is 1. The van der Waals surface area contributed by atoms with E-state index >= 15 is 0 Å². The van der Waals surface area contributed by atoms with Crippen molar-refractivity contribution in [2.45, 2.75) is 59.3 Å². The fourth-order valence-corrected chi connectivity index (χ4v) is 4.06. The van der Waals surface area contributed by atoms with Crippen LogP contribution in [0.1, 0.15) is 68.3 Å². The summed E-state index contributed by atoms with van der Waals surface area (Å²) in [6.45, 7) is 10.0. The first-order chi connectivity index (χ1) is 17.0. The molecule has 0 atom stereocenters. The molecule has 2 N–H and O–H groups in total. The highest BCUT2D eigenvalue weighted by atomic mass is 35.5. The van der Waals surface area contributed by atoms with Gasteiger partial charge in [-0.2, -0.15) is 0 Å². The number of hydrazine groups is 1. The monoisotopic (exact) mass is 523 g/mol. The molecule has 0 bridgehead atoms. The van der Waals surface area contributed by atoms with E-state index < -0.39 is 5.97 Å². The lowest BCUT2D eigenvalue weighted by molar-refractivity contribution is -0.0273. The molecule has 8 heteroatoms. The van der Waals surface area contributed by atoms with Crippen LogP contribution in [0, 0.1) is 6.92 Å². The van der Waals surface area contributed by atoms with E-state index in [-0.39, 0.29) is 6.79 Å². The topological polar surface area (TPSA) is 62.8 Å². The quantitative estimate of drug-likeness (QED) is 0.182. The van der Waals surface area contributed by atoms with Crippen molar-refractivity contribution in [1.82, 2.24) is 10.4 Å². The lowest BCUT2D eigenvalue weighted by Gasteiger charge is -2.27. The van der Waals surface area contributed by atoms with Crippen LogP contribution >= 0.6 is 23.2 Å². The van der Waals surface area contributed by atoms with Crippen LogP contribution in [0.4, 0.5) is 11.4 Å². The van der Waals surface area contributed by atoms with Crippen LogP contribution in [0.15, 0.2) is 36.4 Å². The maximum absolute atomic E-state index is 12.2. The van der Waals surface area contributed by atoms with Gasteiger partial charge in [-0.1, -0.05) is 67.6 Å². The van der Waals surface area contributed by atoms with E-state index in [2.05, 4.69) is 22.7 Å². The number of ether oxygens (including phenoxy) is 2. The van der Waals surface area contributed by atoms with Crippen molar-refractivity contribution in [1.29, 1.82) is 0 Å². The number of halogens is 2. The van der Waals surface area contributed by atoms with Crippen LogP contribution in [-0.4, -0.2) is 44.0 Å². The smallest absolute Gasteiger partial charge is 0.342 e. The number of unbranched alkanes of at least 4 members (excludes halogenated alkanes) is 2. The largest absolute Gasteiger partial charge is 0.435 e. The van der Waals surface area contributed by atoms with Crippen molar-refractivity contribution in [2.75, 3.05) is 38.4 Å². The first kappa shape index (κ1) is 29.4. The molecular formula is C27H39Cl2N3O3. The molecule has 1 heterocycles. The summed E-state index contributed by atoms with van der Waals surface area (Å²) in [6.07, 6.45) is 8.18. The van der Waals surface area contributed by atoms with Crippen molar-refractivity contribution in [3.8, 4) is 0 Å². The van der Waals surface area contributed by atoms with Gasteiger partial charge in [-0.3, -0.25) is 5.43 Å². The van der Waals surface area contributed by atoms with Gasteiger partial charge in [0.05, 0.1) is 27.0 Å². The molecule has 1 aliphatic rings. The Hall–Kier alpha value is -1.83. The number of benzene rings is 2. The molecule has 1 aliphatic heterocycles. The number of anilines is 2. The van der Waals surface area contributed by atoms with E-state index in [0.29, 0.717) is 33.6 Å². The number of hydrogen-bond donors (Lipinski definition) is 2. The van der Waals surface area contributed by atoms with Crippen LogP contribution in [0.2, 0.25) is 10.0 Å². The summed E-state index contributed by atoms with van der Waals surface area (Å²) in [6, 6.07) is 10.6. The molecule has 2 aromatic carbocycles. The van der Waals surface area contributed by atoms with Crippen molar-refractivity contribution < 1.29 is 14.3 Å². The van der Waals surface area contributed by atoms with E-state index in [4.69, 9.17) is 32.7 Å².